The van der Waals surface area contributed by atoms with E-state index in [9.17, 15) is 0 Å². The van der Waals surface area contributed by atoms with Gasteiger partial charge in [0.15, 0.2) is 0 Å². The molecule has 0 amide bonds. The first-order valence-corrected chi connectivity index (χ1v) is 11.1. The molecule has 3 nitrogen and oxygen atoms in total. The van der Waals surface area contributed by atoms with Crippen LogP contribution in [0.15, 0.2) is 66.7 Å². The summed E-state index contributed by atoms with van der Waals surface area (Å²) < 4.78 is 0. The molecular formula is C25H28ClN3. The van der Waals surface area contributed by atoms with Gasteiger partial charge in [0.05, 0.1) is 10.7 Å². The fourth-order valence-corrected chi connectivity index (χ4v) is 5.30. The van der Waals surface area contributed by atoms with Crippen LogP contribution in [-0.2, 0) is 0 Å². The molecule has 0 radical (unpaired) electrons. The molecule has 1 aromatic heterocycles. The fourth-order valence-electron chi connectivity index (χ4n) is 5.04. The monoisotopic (exact) mass is 405 g/mol. The fraction of sp³-hybridized carbons (Fsp3) is 0.360. The van der Waals surface area contributed by atoms with Gasteiger partial charge in [0.25, 0.3) is 0 Å². The molecule has 2 atom stereocenters. The maximum atomic E-state index is 6.40. The van der Waals surface area contributed by atoms with Gasteiger partial charge < -0.3 is 9.88 Å². The summed E-state index contributed by atoms with van der Waals surface area (Å²) in [6.07, 6.45) is 3.85. The van der Waals surface area contributed by atoms with Crippen molar-refractivity contribution < 1.29 is 0 Å². The van der Waals surface area contributed by atoms with E-state index in [0.717, 1.165) is 31.2 Å². The lowest BCUT2D eigenvalue weighted by Crippen LogP contribution is -2.49. The molecule has 0 bridgehead atoms. The van der Waals surface area contributed by atoms with Crippen LogP contribution in [0.3, 0.4) is 0 Å². The van der Waals surface area contributed by atoms with Crippen molar-refractivity contribution in [2.75, 3.05) is 31.1 Å². The minimum absolute atomic E-state index is 0.652. The molecule has 29 heavy (non-hydrogen) atoms. The van der Waals surface area contributed by atoms with Gasteiger partial charge in [-0.15, -0.1) is 0 Å². The normalized spacial score (nSPS) is 22.9. The van der Waals surface area contributed by atoms with E-state index in [2.05, 4.69) is 69.4 Å². The summed E-state index contributed by atoms with van der Waals surface area (Å²) in [6.45, 7) is 4.38. The molecule has 2 fully saturated rings. The first-order valence-electron chi connectivity index (χ1n) is 10.8. The number of aromatic nitrogens is 1. The molecule has 150 valence electrons. The van der Waals surface area contributed by atoms with Crippen molar-refractivity contribution in [3.63, 3.8) is 0 Å². The molecule has 1 aliphatic heterocycles. The Morgan fingerprint density at radius 1 is 0.793 bits per heavy atom. The number of aromatic amines is 1. The molecule has 0 spiro atoms. The van der Waals surface area contributed by atoms with Crippen LogP contribution in [0, 0.1) is 0 Å². The highest BCUT2D eigenvalue weighted by Gasteiger charge is 2.32. The second-order valence-corrected chi connectivity index (χ2v) is 8.74. The SMILES string of the molecule is Clc1ccccc1N1CCN(C2CCC(c3ccc(-c4ccccc4)[nH]3)C2)CC1. The Morgan fingerprint density at radius 3 is 2.34 bits per heavy atom. The van der Waals surface area contributed by atoms with E-state index in [1.165, 1.54) is 41.9 Å². The third-order valence-electron chi connectivity index (χ3n) is 6.66. The van der Waals surface area contributed by atoms with E-state index in [1.54, 1.807) is 0 Å². The minimum Gasteiger partial charge on any atom is -0.368 e. The first kappa shape index (κ1) is 18.8. The summed E-state index contributed by atoms with van der Waals surface area (Å²) in [5.74, 6) is 0.652. The Bertz CT molecular complexity index is 943. The van der Waals surface area contributed by atoms with Gasteiger partial charge >= 0.3 is 0 Å². The van der Waals surface area contributed by atoms with Crippen LogP contribution < -0.4 is 4.90 Å². The quantitative estimate of drug-likeness (QED) is 0.593. The van der Waals surface area contributed by atoms with Gasteiger partial charge in [-0.2, -0.15) is 0 Å². The predicted molar refractivity (Wildman–Crippen MR) is 122 cm³/mol. The van der Waals surface area contributed by atoms with Crippen LogP contribution in [0.1, 0.15) is 30.9 Å². The highest BCUT2D eigenvalue weighted by Crippen LogP contribution is 2.38. The van der Waals surface area contributed by atoms with Crippen LogP contribution in [0.5, 0.6) is 0 Å². The Morgan fingerprint density at radius 2 is 1.55 bits per heavy atom. The molecule has 2 aliphatic rings. The van der Waals surface area contributed by atoms with Crippen LogP contribution in [0.2, 0.25) is 5.02 Å². The molecule has 3 aromatic rings. The average molecular weight is 406 g/mol. The van der Waals surface area contributed by atoms with Crippen LogP contribution in [0.25, 0.3) is 11.3 Å². The van der Waals surface area contributed by atoms with Crippen LogP contribution >= 0.6 is 11.6 Å². The van der Waals surface area contributed by atoms with Crippen molar-refractivity contribution in [1.82, 2.24) is 9.88 Å². The average Bonchev–Trinajstić information content (AvgIpc) is 3.45. The van der Waals surface area contributed by atoms with E-state index in [1.807, 2.05) is 12.1 Å². The summed E-state index contributed by atoms with van der Waals surface area (Å²) in [7, 11) is 0. The molecule has 1 N–H and O–H groups in total. The van der Waals surface area contributed by atoms with Crippen LogP contribution in [0.4, 0.5) is 5.69 Å². The topological polar surface area (TPSA) is 22.3 Å². The Balaban J connectivity index is 1.19. The molecule has 2 heterocycles. The number of hydrogen-bond donors (Lipinski definition) is 1. The number of rotatable bonds is 4. The lowest BCUT2D eigenvalue weighted by Gasteiger charge is -2.39. The number of halogens is 1. The van der Waals surface area contributed by atoms with Gasteiger partial charge in [-0.3, -0.25) is 4.90 Å². The zero-order valence-corrected chi connectivity index (χ0v) is 17.5. The summed E-state index contributed by atoms with van der Waals surface area (Å²) in [4.78, 5) is 8.82. The molecule has 2 aromatic carbocycles. The standard InChI is InChI=1S/C25H28ClN3/c26-22-8-4-5-9-25(22)29-16-14-28(15-17-29)21-11-10-20(18-21)24-13-12-23(27-24)19-6-2-1-3-7-19/h1-9,12-13,20-21,27H,10-11,14-18H2. The van der Waals surface area contributed by atoms with E-state index < -0.39 is 0 Å². The smallest absolute Gasteiger partial charge is 0.0639 e. The second-order valence-electron chi connectivity index (χ2n) is 8.33. The van der Waals surface area contributed by atoms with Crippen molar-refractivity contribution in [3.8, 4) is 11.3 Å². The summed E-state index contributed by atoms with van der Waals surface area (Å²) in [5.41, 5.74) is 5.08. The Kier molecular flexibility index (Phi) is 5.34. The Hall–Kier alpha value is -2.23. The van der Waals surface area contributed by atoms with E-state index in [4.69, 9.17) is 11.6 Å². The van der Waals surface area contributed by atoms with E-state index in [-0.39, 0.29) is 0 Å². The molecule has 4 heteroatoms. The molecule has 1 saturated carbocycles. The lowest BCUT2D eigenvalue weighted by atomic mass is 10.0. The highest BCUT2D eigenvalue weighted by atomic mass is 35.5. The first-order chi connectivity index (χ1) is 14.3. The Labute approximate surface area is 178 Å². The van der Waals surface area contributed by atoms with E-state index >= 15 is 0 Å². The lowest BCUT2D eigenvalue weighted by molar-refractivity contribution is 0.186. The number of hydrogen-bond acceptors (Lipinski definition) is 2. The predicted octanol–water partition coefficient (Wildman–Crippen LogP) is 5.79. The number of piperazine rings is 1. The van der Waals surface area contributed by atoms with Crippen molar-refractivity contribution in [3.05, 3.63) is 77.4 Å². The number of benzene rings is 2. The van der Waals surface area contributed by atoms with Crippen LogP contribution in [-0.4, -0.2) is 42.1 Å². The summed E-state index contributed by atoms with van der Waals surface area (Å²) >= 11 is 6.40. The number of anilines is 1. The molecule has 1 aliphatic carbocycles. The third-order valence-corrected chi connectivity index (χ3v) is 6.98. The highest BCUT2D eigenvalue weighted by molar-refractivity contribution is 6.33. The summed E-state index contributed by atoms with van der Waals surface area (Å²) in [6, 6.07) is 24.1. The van der Waals surface area contributed by atoms with Gasteiger partial charge in [0.2, 0.25) is 0 Å². The zero-order valence-electron chi connectivity index (χ0n) is 16.7. The maximum absolute atomic E-state index is 6.40. The third kappa shape index (κ3) is 3.94. The number of para-hydroxylation sites is 1. The van der Waals surface area contributed by atoms with Gasteiger partial charge in [-0.05, 0) is 49.1 Å². The van der Waals surface area contributed by atoms with Crippen molar-refractivity contribution in [2.24, 2.45) is 0 Å². The van der Waals surface area contributed by atoms with Gasteiger partial charge in [0, 0.05) is 49.5 Å². The van der Waals surface area contributed by atoms with Crippen molar-refractivity contribution in [2.45, 2.75) is 31.2 Å². The van der Waals surface area contributed by atoms with E-state index in [0.29, 0.717) is 12.0 Å². The number of H-pyrrole nitrogens is 1. The van der Waals surface area contributed by atoms with Gasteiger partial charge in [0.1, 0.15) is 0 Å². The number of nitrogens with one attached hydrogen (secondary N) is 1. The molecule has 5 rings (SSSR count). The minimum atomic E-state index is 0.652. The second kappa shape index (κ2) is 8.25. The molecular weight excluding hydrogens is 378 g/mol. The number of nitrogens with zero attached hydrogens (tertiary/aromatic N) is 2. The summed E-state index contributed by atoms with van der Waals surface area (Å²) in [5, 5.41) is 0.864. The van der Waals surface area contributed by atoms with Crippen molar-refractivity contribution in [1.29, 1.82) is 0 Å². The molecule has 1 saturated heterocycles. The largest absolute Gasteiger partial charge is 0.368 e. The van der Waals surface area contributed by atoms with Gasteiger partial charge in [-0.25, -0.2) is 0 Å². The maximum Gasteiger partial charge on any atom is 0.0639 e. The zero-order chi connectivity index (χ0) is 19.6. The van der Waals surface area contributed by atoms with Crippen molar-refractivity contribution >= 4 is 17.3 Å². The van der Waals surface area contributed by atoms with Gasteiger partial charge in [-0.1, -0.05) is 54.1 Å². The molecule has 2 unspecified atom stereocenters.